The van der Waals surface area contributed by atoms with Crippen LogP contribution in [0.2, 0.25) is 0 Å². The maximum atomic E-state index is 14.3. The summed E-state index contributed by atoms with van der Waals surface area (Å²) < 4.78 is 47.3. The van der Waals surface area contributed by atoms with Gasteiger partial charge < -0.3 is 32.2 Å². The topological polar surface area (TPSA) is 149 Å². The number of aliphatic imine (C=N–C) groups is 1. The van der Waals surface area contributed by atoms with E-state index in [1.165, 1.54) is 19.2 Å². The fourth-order valence-electron chi connectivity index (χ4n) is 3.87. The highest BCUT2D eigenvalue weighted by Crippen LogP contribution is 2.30. The van der Waals surface area contributed by atoms with Crippen LogP contribution in [0.4, 0.5) is 13.2 Å². The van der Waals surface area contributed by atoms with E-state index >= 15 is 0 Å². The summed E-state index contributed by atoms with van der Waals surface area (Å²) in [6.07, 6.45) is -0.389. The van der Waals surface area contributed by atoms with E-state index in [0.29, 0.717) is 11.1 Å². The molecule has 1 unspecified atom stereocenters. The number of primary amides is 1. The van der Waals surface area contributed by atoms with E-state index in [2.05, 4.69) is 10.3 Å². The lowest BCUT2D eigenvalue weighted by Crippen LogP contribution is -2.49. The highest BCUT2D eigenvalue weighted by molar-refractivity contribution is 6.24. The van der Waals surface area contributed by atoms with Crippen molar-refractivity contribution in [3.63, 3.8) is 0 Å². The van der Waals surface area contributed by atoms with Gasteiger partial charge in [0.2, 0.25) is 0 Å². The van der Waals surface area contributed by atoms with E-state index in [-0.39, 0.29) is 48.6 Å². The summed E-state index contributed by atoms with van der Waals surface area (Å²) in [5, 5.41) is 2.66. The van der Waals surface area contributed by atoms with Crippen molar-refractivity contribution in [2.24, 2.45) is 22.2 Å². The highest BCUT2D eigenvalue weighted by atomic mass is 19.3. The number of amidine groups is 1. The van der Waals surface area contributed by atoms with Crippen LogP contribution >= 0.6 is 0 Å². The molecule has 0 bridgehead atoms. The summed E-state index contributed by atoms with van der Waals surface area (Å²) in [5.74, 6) is -5.45. The number of halogens is 3. The average Bonchev–Trinajstić information content (AvgIpc) is 2.85. The first kappa shape index (κ1) is 27.5. The Balaban J connectivity index is 1.78. The second-order valence-corrected chi connectivity index (χ2v) is 8.68. The minimum atomic E-state index is -3.09. The number of ether oxygens (including phenoxy) is 1. The van der Waals surface area contributed by atoms with E-state index < -0.39 is 35.4 Å². The molecule has 198 valence electrons. The van der Waals surface area contributed by atoms with Gasteiger partial charge in [-0.25, -0.2) is 13.2 Å². The molecule has 7 N–H and O–H groups in total. The van der Waals surface area contributed by atoms with Gasteiger partial charge in [-0.15, -0.1) is 0 Å². The first-order valence-corrected chi connectivity index (χ1v) is 11.3. The molecule has 1 aliphatic heterocycles. The molecule has 12 heteroatoms. The Morgan fingerprint density at radius 3 is 2.46 bits per heavy atom. The zero-order chi connectivity index (χ0) is 27.3. The van der Waals surface area contributed by atoms with E-state index in [9.17, 15) is 22.8 Å². The Bertz CT molecular complexity index is 1230. The molecule has 3 rings (SSSR count). The van der Waals surface area contributed by atoms with Crippen LogP contribution in [-0.2, 0) is 11.3 Å². The van der Waals surface area contributed by atoms with Crippen molar-refractivity contribution in [2.75, 3.05) is 27.2 Å². The van der Waals surface area contributed by atoms with Crippen LogP contribution in [0, 0.1) is 5.82 Å². The van der Waals surface area contributed by atoms with Crippen LogP contribution in [-0.4, -0.2) is 61.8 Å². The molecule has 0 spiro atoms. The van der Waals surface area contributed by atoms with Gasteiger partial charge in [0.05, 0.1) is 18.4 Å². The van der Waals surface area contributed by atoms with E-state index in [0.717, 1.165) is 6.07 Å². The van der Waals surface area contributed by atoms with Crippen molar-refractivity contribution in [2.45, 2.75) is 24.9 Å². The molecular weight excluding hydrogens is 489 g/mol. The summed E-state index contributed by atoms with van der Waals surface area (Å²) in [5.41, 5.74) is 18.1. The molecule has 0 aromatic heterocycles. The smallest absolute Gasteiger partial charge is 0.272 e. The van der Waals surface area contributed by atoms with E-state index in [1.54, 1.807) is 36.2 Å². The molecule has 9 nitrogen and oxygen atoms in total. The Labute approximate surface area is 212 Å². The van der Waals surface area contributed by atoms with Crippen molar-refractivity contribution in [3.05, 3.63) is 70.5 Å². The quantitative estimate of drug-likeness (QED) is 0.237. The minimum absolute atomic E-state index is 0.0401. The number of piperidine rings is 1. The predicted molar refractivity (Wildman–Crippen MR) is 133 cm³/mol. The number of carbonyl (C=O) groups excluding carboxylic acids is 2. The molecule has 0 saturated carbocycles. The predicted octanol–water partition coefficient (Wildman–Crippen LogP) is 1.62. The van der Waals surface area contributed by atoms with Crippen molar-refractivity contribution < 1.29 is 27.5 Å². The Kier molecular flexibility index (Phi) is 8.43. The lowest BCUT2D eigenvalue weighted by Gasteiger charge is -2.34. The van der Waals surface area contributed by atoms with Crippen LogP contribution < -0.4 is 27.3 Å². The summed E-state index contributed by atoms with van der Waals surface area (Å²) in [7, 11) is 3.06. The third kappa shape index (κ3) is 6.58. The van der Waals surface area contributed by atoms with Crippen LogP contribution in [0.5, 0.6) is 5.75 Å². The average molecular weight is 519 g/mol. The van der Waals surface area contributed by atoms with Gasteiger partial charge in [-0.05, 0) is 36.4 Å². The molecule has 2 aromatic carbocycles. The summed E-state index contributed by atoms with van der Waals surface area (Å²) in [6, 6.07) is 8.52. The van der Waals surface area contributed by atoms with Gasteiger partial charge in [-0.1, -0.05) is 24.3 Å². The summed E-state index contributed by atoms with van der Waals surface area (Å²) in [6.45, 7) is 0.267. The van der Waals surface area contributed by atoms with Gasteiger partial charge >= 0.3 is 0 Å². The summed E-state index contributed by atoms with van der Waals surface area (Å²) >= 11 is 0. The first-order chi connectivity index (χ1) is 17.4. The number of carbonyl (C=O) groups is 2. The number of rotatable bonds is 8. The fraction of sp³-hybridized carbons (Fsp3) is 0.320. The molecule has 0 radical (unpaired) electrons. The Hall–Kier alpha value is -4.06. The van der Waals surface area contributed by atoms with Crippen LogP contribution in [0.15, 0.2) is 53.0 Å². The number of likely N-dealkylation sites (tertiary alicyclic amines) is 1. The fourth-order valence-corrected chi connectivity index (χ4v) is 3.87. The van der Waals surface area contributed by atoms with Gasteiger partial charge in [0.15, 0.2) is 0 Å². The third-order valence-electron chi connectivity index (χ3n) is 5.99. The lowest BCUT2D eigenvalue weighted by atomic mass is 10.0. The zero-order valence-electron chi connectivity index (χ0n) is 20.4. The molecule has 2 aromatic rings. The molecule has 2 amide bonds. The molecule has 1 heterocycles. The maximum Gasteiger partial charge on any atom is 0.272 e. The second kappa shape index (κ2) is 11.3. The number of methoxy groups -OCH3 is 1. The van der Waals surface area contributed by atoms with Gasteiger partial charge in [0, 0.05) is 26.1 Å². The zero-order valence-corrected chi connectivity index (χ0v) is 20.4. The highest BCUT2D eigenvalue weighted by Gasteiger charge is 2.43. The number of alkyl halides is 2. The monoisotopic (exact) mass is 518 g/mol. The van der Waals surface area contributed by atoms with Gasteiger partial charge in [0.25, 0.3) is 17.7 Å². The molecule has 1 saturated heterocycles. The number of nitrogens with zero attached hydrogens (tertiary/aromatic N) is 2. The Morgan fingerprint density at radius 2 is 1.84 bits per heavy atom. The Morgan fingerprint density at radius 1 is 1.16 bits per heavy atom. The van der Waals surface area contributed by atoms with E-state index in [4.69, 9.17) is 21.9 Å². The molecule has 0 aliphatic carbocycles. The summed E-state index contributed by atoms with van der Waals surface area (Å²) in [4.78, 5) is 30.2. The second-order valence-electron chi connectivity index (χ2n) is 8.68. The van der Waals surface area contributed by atoms with Crippen molar-refractivity contribution in [3.8, 4) is 5.75 Å². The lowest BCUT2D eigenvalue weighted by molar-refractivity contribution is -0.114. The van der Waals surface area contributed by atoms with Crippen LogP contribution in [0.3, 0.4) is 0 Å². The first-order valence-electron chi connectivity index (χ1n) is 11.3. The number of likely N-dealkylation sites (N-methyl/N-ethyl adjacent to an activating group) is 1. The van der Waals surface area contributed by atoms with Crippen molar-refractivity contribution in [1.29, 1.82) is 0 Å². The molecule has 1 fully saturated rings. The van der Waals surface area contributed by atoms with Crippen molar-refractivity contribution >= 4 is 23.3 Å². The number of nitrogens with one attached hydrogen (secondary N) is 1. The van der Waals surface area contributed by atoms with Crippen molar-refractivity contribution in [1.82, 2.24) is 10.2 Å². The number of nitrogens with two attached hydrogens (primary N) is 3. The normalized spacial score (nSPS) is 18.6. The van der Waals surface area contributed by atoms with E-state index in [1.807, 2.05) is 0 Å². The largest absolute Gasteiger partial charge is 0.496 e. The maximum absolute atomic E-state index is 14.3. The number of hydrogen-bond donors (Lipinski definition) is 4. The van der Waals surface area contributed by atoms with Gasteiger partial charge in [-0.3, -0.25) is 14.6 Å². The molecule has 1 atom stereocenters. The molecule has 1 aliphatic rings. The number of hydrogen-bond acceptors (Lipinski definition) is 6. The third-order valence-corrected chi connectivity index (χ3v) is 5.99. The standard InChI is InChI=1S/C25H29F3N6O3/c1-34-10-9-25(27,28)19(13-34)33-22(30)20(23(31)35)21(29)15-5-3-14(4-6-15)12-32-24(36)17-11-16(26)7-8-18(17)37-2/h3-8,11,19H,9-10,12-13,29H2,1-2H3,(H2,30,33)(H2,31,35)(H,32,36). The van der Waals surface area contributed by atoms with Crippen LogP contribution in [0.1, 0.15) is 27.9 Å². The number of benzene rings is 2. The van der Waals surface area contributed by atoms with Gasteiger partial charge in [-0.2, -0.15) is 0 Å². The number of amides is 2. The minimum Gasteiger partial charge on any atom is -0.496 e. The molecular formula is C25H29F3N6O3. The van der Waals surface area contributed by atoms with Gasteiger partial charge in [0.1, 0.15) is 29.0 Å². The SMILES string of the molecule is COc1ccc(F)cc1C(=O)NCc1ccc(C(N)=C(C(N)=O)C(N)=NC2CN(C)CCC2(F)F)cc1. The molecule has 37 heavy (non-hydrogen) atoms. The van der Waals surface area contributed by atoms with Crippen LogP contribution in [0.25, 0.3) is 5.70 Å².